The maximum Gasteiger partial charge on any atom is 0.244 e. The van der Waals surface area contributed by atoms with E-state index in [-0.39, 0.29) is 24.1 Å². The molecule has 0 radical (unpaired) electrons. The van der Waals surface area contributed by atoms with Crippen LogP contribution in [0.1, 0.15) is 19.4 Å². The van der Waals surface area contributed by atoms with Gasteiger partial charge in [-0.25, -0.2) is 8.42 Å². The molecule has 0 aliphatic heterocycles. The number of sulfonamides is 1. The molecule has 108 valence electrons. The van der Waals surface area contributed by atoms with Crippen molar-refractivity contribution in [2.24, 2.45) is 0 Å². The number of aliphatic hydroxyl groups is 1. The molecule has 1 aromatic rings. The lowest BCUT2D eigenvalue weighted by molar-refractivity contribution is 0.236. The fourth-order valence-electron chi connectivity index (χ4n) is 1.71. The van der Waals surface area contributed by atoms with Gasteiger partial charge in [-0.1, -0.05) is 15.9 Å². The molecular weight excluding hydrogens is 398 g/mol. The molecule has 1 rings (SSSR count). The largest absolute Gasteiger partial charge is 0.395 e. The molecule has 0 heterocycles. The normalized spacial score (nSPS) is 12.4. The molecule has 0 aliphatic rings. The van der Waals surface area contributed by atoms with E-state index in [9.17, 15) is 8.42 Å². The number of benzene rings is 1. The quantitative estimate of drug-likeness (QED) is 0.805. The Kier molecular flexibility index (Phi) is 6.00. The summed E-state index contributed by atoms with van der Waals surface area (Å²) >= 11 is 6.64. The van der Waals surface area contributed by atoms with Gasteiger partial charge in [-0.3, -0.25) is 0 Å². The van der Waals surface area contributed by atoms with Crippen molar-refractivity contribution >= 4 is 41.9 Å². The lowest BCUT2D eigenvalue weighted by Gasteiger charge is -2.25. The highest BCUT2D eigenvalue weighted by Gasteiger charge is 2.28. The summed E-state index contributed by atoms with van der Waals surface area (Å²) in [6.07, 6.45) is 0. The van der Waals surface area contributed by atoms with Gasteiger partial charge >= 0.3 is 0 Å². The number of aryl methyl sites for hydroxylation is 1. The molecule has 0 bridgehead atoms. The van der Waals surface area contributed by atoms with Crippen LogP contribution in [0, 0.1) is 6.92 Å². The van der Waals surface area contributed by atoms with E-state index in [4.69, 9.17) is 5.11 Å². The minimum absolute atomic E-state index is 0.0813. The summed E-state index contributed by atoms with van der Waals surface area (Å²) in [6, 6.07) is 3.12. The van der Waals surface area contributed by atoms with Crippen molar-refractivity contribution in [3.05, 3.63) is 26.6 Å². The molecule has 0 saturated heterocycles. The van der Waals surface area contributed by atoms with Crippen LogP contribution in [0.3, 0.4) is 0 Å². The van der Waals surface area contributed by atoms with Crippen LogP contribution in [0.2, 0.25) is 0 Å². The summed E-state index contributed by atoms with van der Waals surface area (Å²) in [5.41, 5.74) is 0.948. The Morgan fingerprint density at radius 1 is 1.26 bits per heavy atom. The van der Waals surface area contributed by atoms with E-state index in [1.165, 1.54) is 4.31 Å². The predicted octanol–water partition coefficient (Wildman–Crippen LogP) is 2.91. The zero-order chi connectivity index (χ0) is 14.8. The Morgan fingerprint density at radius 3 is 2.32 bits per heavy atom. The average Bonchev–Trinajstić information content (AvgIpc) is 2.29. The molecule has 0 saturated carbocycles. The molecule has 7 heteroatoms. The van der Waals surface area contributed by atoms with Crippen molar-refractivity contribution in [3.8, 4) is 0 Å². The highest BCUT2D eigenvalue weighted by atomic mass is 79.9. The number of rotatable bonds is 5. The fraction of sp³-hybridized carbons (Fsp3) is 0.500. The maximum atomic E-state index is 12.6. The van der Waals surface area contributed by atoms with Gasteiger partial charge in [0, 0.05) is 21.5 Å². The third kappa shape index (κ3) is 3.78. The second kappa shape index (κ2) is 6.67. The second-order valence-electron chi connectivity index (χ2n) is 4.46. The monoisotopic (exact) mass is 413 g/mol. The van der Waals surface area contributed by atoms with Crippen LogP contribution in [0.5, 0.6) is 0 Å². The molecule has 0 fully saturated rings. The standard InChI is InChI=1S/C12H17Br2NO3S/c1-8(2)15(4-5-16)19(17,18)12-7-10(13)9(3)6-11(12)14/h6-8,16H,4-5H2,1-3H3. The van der Waals surface area contributed by atoms with E-state index in [0.29, 0.717) is 4.47 Å². The highest BCUT2D eigenvalue weighted by Crippen LogP contribution is 2.31. The molecule has 0 spiro atoms. The smallest absolute Gasteiger partial charge is 0.244 e. The lowest BCUT2D eigenvalue weighted by atomic mass is 10.2. The Morgan fingerprint density at radius 2 is 1.84 bits per heavy atom. The topological polar surface area (TPSA) is 57.6 Å². The summed E-state index contributed by atoms with van der Waals surface area (Å²) in [4.78, 5) is 0.201. The summed E-state index contributed by atoms with van der Waals surface area (Å²) in [5, 5.41) is 9.04. The zero-order valence-electron chi connectivity index (χ0n) is 11.0. The Balaban J connectivity index is 3.37. The highest BCUT2D eigenvalue weighted by molar-refractivity contribution is 9.11. The fourth-order valence-corrected chi connectivity index (χ4v) is 4.97. The van der Waals surface area contributed by atoms with E-state index >= 15 is 0 Å². The maximum absolute atomic E-state index is 12.6. The first-order valence-corrected chi connectivity index (χ1v) is 8.82. The Bertz CT molecular complexity index is 558. The van der Waals surface area contributed by atoms with Crippen molar-refractivity contribution in [3.63, 3.8) is 0 Å². The minimum atomic E-state index is -3.64. The second-order valence-corrected chi connectivity index (χ2v) is 8.03. The molecule has 1 N–H and O–H groups in total. The molecule has 0 unspecified atom stereocenters. The van der Waals surface area contributed by atoms with Crippen molar-refractivity contribution < 1.29 is 13.5 Å². The number of nitrogens with zero attached hydrogens (tertiary/aromatic N) is 1. The van der Waals surface area contributed by atoms with Crippen molar-refractivity contribution in [1.82, 2.24) is 4.31 Å². The van der Waals surface area contributed by atoms with E-state index in [1.54, 1.807) is 26.0 Å². The zero-order valence-corrected chi connectivity index (χ0v) is 15.0. The van der Waals surface area contributed by atoms with Gasteiger partial charge in [0.2, 0.25) is 10.0 Å². The van der Waals surface area contributed by atoms with Crippen LogP contribution in [-0.4, -0.2) is 37.0 Å². The van der Waals surface area contributed by atoms with E-state index in [2.05, 4.69) is 31.9 Å². The first-order chi connectivity index (χ1) is 8.71. The Hall–Kier alpha value is 0.0500. The minimum Gasteiger partial charge on any atom is -0.395 e. The summed E-state index contributed by atoms with van der Waals surface area (Å²) in [5.74, 6) is 0. The third-order valence-electron chi connectivity index (χ3n) is 2.70. The van der Waals surface area contributed by atoms with Gasteiger partial charge in [0.1, 0.15) is 0 Å². The average molecular weight is 415 g/mol. The van der Waals surface area contributed by atoms with Gasteiger partial charge in [0.05, 0.1) is 11.5 Å². The van der Waals surface area contributed by atoms with Crippen LogP contribution in [0.25, 0.3) is 0 Å². The molecule has 4 nitrogen and oxygen atoms in total. The molecule has 0 aliphatic carbocycles. The third-order valence-corrected chi connectivity index (χ3v) is 6.58. The molecule has 0 atom stereocenters. The molecule has 1 aromatic carbocycles. The predicted molar refractivity (Wildman–Crippen MR) is 82.7 cm³/mol. The van der Waals surface area contributed by atoms with Gasteiger partial charge in [-0.05, 0) is 54.4 Å². The van der Waals surface area contributed by atoms with E-state index < -0.39 is 10.0 Å². The van der Waals surface area contributed by atoms with Gasteiger partial charge in [-0.2, -0.15) is 4.31 Å². The van der Waals surface area contributed by atoms with Crippen LogP contribution in [-0.2, 0) is 10.0 Å². The summed E-state index contributed by atoms with van der Waals surface area (Å²) in [6.45, 7) is 5.33. The molecule has 19 heavy (non-hydrogen) atoms. The van der Waals surface area contributed by atoms with Gasteiger partial charge in [0.15, 0.2) is 0 Å². The SMILES string of the molecule is Cc1cc(Br)c(S(=O)(=O)N(CCO)C(C)C)cc1Br. The van der Waals surface area contributed by atoms with Gasteiger partial charge in [-0.15, -0.1) is 0 Å². The van der Waals surface area contributed by atoms with Crippen LogP contribution < -0.4 is 0 Å². The van der Waals surface area contributed by atoms with Crippen molar-refractivity contribution in [2.75, 3.05) is 13.2 Å². The van der Waals surface area contributed by atoms with Crippen LogP contribution in [0.4, 0.5) is 0 Å². The first-order valence-electron chi connectivity index (χ1n) is 5.80. The van der Waals surface area contributed by atoms with E-state index in [0.717, 1.165) is 10.0 Å². The van der Waals surface area contributed by atoms with Crippen LogP contribution >= 0.6 is 31.9 Å². The molecular formula is C12H17Br2NO3S. The van der Waals surface area contributed by atoms with Crippen LogP contribution in [0.15, 0.2) is 26.0 Å². The summed E-state index contributed by atoms with van der Waals surface area (Å²) in [7, 11) is -3.64. The number of halogens is 2. The van der Waals surface area contributed by atoms with Crippen molar-refractivity contribution in [1.29, 1.82) is 0 Å². The van der Waals surface area contributed by atoms with Gasteiger partial charge in [0.25, 0.3) is 0 Å². The van der Waals surface area contributed by atoms with E-state index in [1.807, 2.05) is 6.92 Å². The number of hydrogen-bond acceptors (Lipinski definition) is 3. The number of hydrogen-bond donors (Lipinski definition) is 1. The number of aliphatic hydroxyl groups excluding tert-OH is 1. The van der Waals surface area contributed by atoms with Crippen molar-refractivity contribution in [2.45, 2.75) is 31.7 Å². The Labute approximate surface area is 131 Å². The van der Waals surface area contributed by atoms with Gasteiger partial charge < -0.3 is 5.11 Å². The molecule has 0 amide bonds. The molecule has 0 aromatic heterocycles. The summed E-state index contributed by atoms with van der Waals surface area (Å²) < 4.78 is 27.8. The first kappa shape index (κ1) is 17.1. The lowest BCUT2D eigenvalue weighted by Crippen LogP contribution is -2.39.